The van der Waals surface area contributed by atoms with Gasteiger partial charge in [-0.1, -0.05) is 25.5 Å². The van der Waals surface area contributed by atoms with Crippen molar-refractivity contribution in [3.63, 3.8) is 0 Å². The van der Waals surface area contributed by atoms with E-state index in [-0.39, 0.29) is 0 Å². The maximum Gasteiger partial charge on any atom is 0.0468 e. The van der Waals surface area contributed by atoms with Gasteiger partial charge in [0.1, 0.15) is 0 Å². The van der Waals surface area contributed by atoms with Crippen LogP contribution in [0.15, 0.2) is 11.6 Å². The van der Waals surface area contributed by atoms with Gasteiger partial charge < -0.3 is 5.11 Å². The Balaban J connectivity index is 2.13. The lowest BCUT2D eigenvalue weighted by Gasteiger charge is -2.56. The first-order valence-electron chi connectivity index (χ1n) is 4.96. The molecule has 1 N–H and O–H groups in total. The predicted octanol–water partition coefficient (Wildman–Crippen LogP) is 2.36. The van der Waals surface area contributed by atoms with Crippen molar-refractivity contribution >= 4 is 0 Å². The van der Waals surface area contributed by atoms with E-state index in [1.807, 2.05) is 0 Å². The normalized spacial score (nSPS) is 37.1. The maximum atomic E-state index is 8.88. The molecule has 1 fully saturated rings. The number of hydrogen-bond donors (Lipinski definition) is 1. The van der Waals surface area contributed by atoms with E-state index in [1.54, 1.807) is 0 Å². The van der Waals surface area contributed by atoms with Crippen LogP contribution in [0.5, 0.6) is 0 Å². The molecule has 1 heteroatoms. The summed E-state index contributed by atoms with van der Waals surface area (Å²) in [7, 11) is 0. The fourth-order valence-electron chi connectivity index (χ4n) is 2.89. The number of aliphatic hydroxyl groups is 1. The summed E-state index contributed by atoms with van der Waals surface area (Å²) in [5.74, 6) is 1.70. The van der Waals surface area contributed by atoms with Crippen molar-refractivity contribution in [2.75, 3.05) is 6.61 Å². The summed E-state index contributed by atoms with van der Waals surface area (Å²) in [5.41, 5.74) is 2.05. The van der Waals surface area contributed by atoms with E-state index in [0.717, 1.165) is 18.3 Å². The lowest BCUT2D eigenvalue weighted by atomic mass is 9.48. The summed E-state index contributed by atoms with van der Waals surface area (Å²) in [4.78, 5) is 0. The van der Waals surface area contributed by atoms with Crippen LogP contribution < -0.4 is 0 Å². The highest BCUT2D eigenvalue weighted by Gasteiger charge is 2.50. The lowest BCUT2D eigenvalue weighted by Crippen LogP contribution is -2.48. The van der Waals surface area contributed by atoms with E-state index >= 15 is 0 Å². The smallest absolute Gasteiger partial charge is 0.0468 e. The topological polar surface area (TPSA) is 20.2 Å². The number of aliphatic hydroxyl groups excluding tert-OH is 1. The molecule has 2 atom stereocenters. The minimum atomic E-state index is 0.322. The Labute approximate surface area is 74.5 Å². The molecular weight excluding hydrogens is 148 g/mol. The lowest BCUT2D eigenvalue weighted by molar-refractivity contribution is -0.00943. The number of rotatable bonds is 2. The molecule has 3 rings (SSSR count). The van der Waals surface area contributed by atoms with Crippen molar-refractivity contribution in [2.45, 2.75) is 33.1 Å². The van der Waals surface area contributed by atoms with Crippen LogP contribution in [0.3, 0.4) is 0 Å². The molecule has 0 aromatic rings. The van der Waals surface area contributed by atoms with E-state index in [0.29, 0.717) is 12.0 Å². The maximum absolute atomic E-state index is 8.88. The zero-order valence-corrected chi connectivity index (χ0v) is 8.01. The first-order chi connectivity index (χ1) is 5.66. The van der Waals surface area contributed by atoms with Gasteiger partial charge in [0.05, 0.1) is 0 Å². The Morgan fingerprint density at radius 1 is 1.58 bits per heavy atom. The molecule has 68 valence electrons. The van der Waals surface area contributed by atoms with E-state index in [9.17, 15) is 0 Å². The zero-order valence-electron chi connectivity index (χ0n) is 8.01. The zero-order chi connectivity index (χ0) is 8.77. The van der Waals surface area contributed by atoms with Crippen LogP contribution in [-0.4, -0.2) is 11.7 Å². The molecule has 0 aromatic carbocycles. The standard InChI is InChI=1S/C11H18O/c1-11(2)9-4-3-8(5-6-12)10(11)7-9/h3,9-10,12H,4-7H2,1-2H3/t9-,10-/m1/s1. The molecule has 1 nitrogen and oxygen atoms in total. The number of hydrogen-bond acceptors (Lipinski definition) is 1. The highest BCUT2D eigenvalue weighted by atomic mass is 16.2. The molecule has 0 spiro atoms. The average molecular weight is 166 g/mol. The summed E-state index contributed by atoms with van der Waals surface area (Å²) in [5, 5.41) is 8.88. The van der Waals surface area contributed by atoms with Crippen molar-refractivity contribution in [1.82, 2.24) is 0 Å². The monoisotopic (exact) mass is 166 g/mol. The Bertz CT molecular complexity index is 215. The molecule has 1 saturated carbocycles. The molecule has 0 heterocycles. The van der Waals surface area contributed by atoms with Crippen LogP contribution in [0.1, 0.15) is 33.1 Å². The first kappa shape index (κ1) is 8.31. The molecule has 0 unspecified atom stereocenters. The molecule has 12 heavy (non-hydrogen) atoms. The molecule has 0 radical (unpaired) electrons. The van der Waals surface area contributed by atoms with E-state index in [1.165, 1.54) is 18.4 Å². The first-order valence-corrected chi connectivity index (χ1v) is 4.96. The Hall–Kier alpha value is -0.300. The second-order valence-corrected chi connectivity index (χ2v) is 4.79. The van der Waals surface area contributed by atoms with Gasteiger partial charge in [0.15, 0.2) is 0 Å². The van der Waals surface area contributed by atoms with Gasteiger partial charge in [-0.05, 0) is 36.5 Å². The summed E-state index contributed by atoms with van der Waals surface area (Å²) in [6.07, 6.45) is 5.89. The summed E-state index contributed by atoms with van der Waals surface area (Å²) >= 11 is 0. The second-order valence-electron chi connectivity index (χ2n) is 4.79. The van der Waals surface area contributed by atoms with Gasteiger partial charge in [-0.25, -0.2) is 0 Å². The average Bonchev–Trinajstić information content (AvgIpc) is 2.05. The Kier molecular flexibility index (Phi) is 1.80. The predicted molar refractivity (Wildman–Crippen MR) is 49.8 cm³/mol. The van der Waals surface area contributed by atoms with Gasteiger partial charge in [0.2, 0.25) is 0 Å². The van der Waals surface area contributed by atoms with E-state index in [2.05, 4.69) is 19.9 Å². The number of allylic oxidation sites excluding steroid dienone is 1. The Morgan fingerprint density at radius 2 is 2.33 bits per heavy atom. The van der Waals surface area contributed by atoms with E-state index in [4.69, 9.17) is 5.11 Å². The molecule has 3 aliphatic carbocycles. The molecule has 2 bridgehead atoms. The third kappa shape index (κ3) is 0.957. The molecular formula is C11H18O. The van der Waals surface area contributed by atoms with Crippen LogP contribution in [-0.2, 0) is 0 Å². The summed E-state index contributed by atoms with van der Waals surface area (Å²) < 4.78 is 0. The Morgan fingerprint density at radius 3 is 2.83 bits per heavy atom. The molecule has 0 aliphatic heterocycles. The fraction of sp³-hybridized carbons (Fsp3) is 0.818. The van der Waals surface area contributed by atoms with Gasteiger partial charge in [0, 0.05) is 6.61 Å². The van der Waals surface area contributed by atoms with Crippen LogP contribution in [0.4, 0.5) is 0 Å². The molecule has 0 saturated heterocycles. The van der Waals surface area contributed by atoms with Crippen molar-refractivity contribution < 1.29 is 5.11 Å². The van der Waals surface area contributed by atoms with Crippen molar-refractivity contribution in [2.24, 2.45) is 17.3 Å². The number of fused-ring (bicyclic) bond motifs is 1. The minimum absolute atomic E-state index is 0.322. The SMILES string of the molecule is CC1(C)[C@@H]2CC=C(CCO)[C@H]1C2. The largest absolute Gasteiger partial charge is 0.396 e. The summed E-state index contributed by atoms with van der Waals surface area (Å²) in [6, 6.07) is 0. The van der Waals surface area contributed by atoms with Crippen LogP contribution in [0.2, 0.25) is 0 Å². The molecule has 3 aliphatic rings. The van der Waals surface area contributed by atoms with Gasteiger partial charge >= 0.3 is 0 Å². The fourth-order valence-corrected chi connectivity index (χ4v) is 2.89. The van der Waals surface area contributed by atoms with Gasteiger partial charge in [-0.3, -0.25) is 0 Å². The molecule has 0 amide bonds. The highest BCUT2D eigenvalue weighted by Crippen LogP contribution is 2.59. The van der Waals surface area contributed by atoms with Crippen molar-refractivity contribution in [1.29, 1.82) is 0 Å². The van der Waals surface area contributed by atoms with Crippen LogP contribution >= 0.6 is 0 Å². The van der Waals surface area contributed by atoms with Crippen LogP contribution in [0, 0.1) is 17.3 Å². The third-order valence-corrected chi connectivity index (χ3v) is 3.98. The van der Waals surface area contributed by atoms with Gasteiger partial charge in [-0.15, -0.1) is 0 Å². The molecule has 0 aromatic heterocycles. The highest BCUT2D eigenvalue weighted by molar-refractivity contribution is 5.23. The van der Waals surface area contributed by atoms with Gasteiger partial charge in [-0.2, -0.15) is 0 Å². The van der Waals surface area contributed by atoms with E-state index < -0.39 is 0 Å². The van der Waals surface area contributed by atoms with Crippen molar-refractivity contribution in [3.05, 3.63) is 11.6 Å². The third-order valence-electron chi connectivity index (χ3n) is 3.98. The van der Waals surface area contributed by atoms with Gasteiger partial charge in [0.25, 0.3) is 0 Å². The minimum Gasteiger partial charge on any atom is -0.396 e. The second kappa shape index (κ2) is 2.59. The van der Waals surface area contributed by atoms with Crippen LogP contribution in [0.25, 0.3) is 0 Å². The summed E-state index contributed by atoms with van der Waals surface area (Å²) in [6.45, 7) is 5.06. The quantitative estimate of drug-likeness (QED) is 0.624. The van der Waals surface area contributed by atoms with Crippen molar-refractivity contribution in [3.8, 4) is 0 Å².